The number of aryl methyl sites for hydroxylation is 2. The molecule has 2 nitrogen and oxygen atoms in total. The molecule has 5 unspecified atom stereocenters. The smallest absolute Gasteiger partial charge is 0.118 e. The largest absolute Gasteiger partial charge is 0.508 e. The molecule has 3 aliphatic carbocycles. The van der Waals surface area contributed by atoms with Crippen LogP contribution in [0.15, 0.2) is 12.1 Å². The minimum atomic E-state index is -0.0913. The second kappa shape index (κ2) is 4.49. The van der Waals surface area contributed by atoms with Gasteiger partial charge in [-0.15, -0.1) is 0 Å². The zero-order valence-electron chi connectivity index (χ0n) is 13.1. The van der Waals surface area contributed by atoms with Crippen molar-refractivity contribution in [2.24, 2.45) is 17.3 Å². The summed E-state index contributed by atoms with van der Waals surface area (Å²) < 4.78 is 0. The van der Waals surface area contributed by atoms with Gasteiger partial charge in [0, 0.05) is 0 Å². The van der Waals surface area contributed by atoms with Gasteiger partial charge in [0.25, 0.3) is 0 Å². The third kappa shape index (κ3) is 1.81. The summed E-state index contributed by atoms with van der Waals surface area (Å²) in [4.78, 5) is 0. The Labute approximate surface area is 127 Å². The maximum atomic E-state index is 10.4. The molecule has 3 aliphatic rings. The maximum Gasteiger partial charge on any atom is 0.118 e. The molecular weight excluding hydrogens is 260 g/mol. The minimum Gasteiger partial charge on any atom is -0.508 e. The minimum absolute atomic E-state index is 0.0913. The summed E-state index contributed by atoms with van der Waals surface area (Å²) in [6, 6.07) is 4.23. The Balaban J connectivity index is 1.73. The number of hydrogen-bond donors (Lipinski definition) is 2. The molecule has 1 aromatic carbocycles. The van der Waals surface area contributed by atoms with Crippen LogP contribution in [0.5, 0.6) is 5.75 Å². The average molecular weight is 286 g/mol. The van der Waals surface area contributed by atoms with Gasteiger partial charge in [-0.05, 0) is 91.4 Å². The topological polar surface area (TPSA) is 40.5 Å². The van der Waals surface area contributed by atoms with Gasteiger partial charge in [0.1, 0.15) is 5.75 Å². The molecule has 0 spiro atoms. The second-order valence-electron chi connectivity index (χ2n) is 7.89. The van der Waals surface area contributed by atoms with Crippen molar-refractivity contribution in [2.45, 2.75) is 64.4 Å². The van der Waals surface area contributed by atoms with E-state index in [2.05, 4.69) is 13.0 Å². The lowest BCUT2D eigenvalue weighted by Gasteiger charge is -2.50. The van der Waals surface area contributed by atoms with E-state index in [1.54, 1.807) is 0 Å². The number of aliphatic hydroxyl groups excluding tert-OH is 1. The Bertz CT molecular complexity index is 579. The molecule has 1 aromatic rings. The van der Waals surface area contributed by atoms with Crippen LogP contribution in [0.1, 0.15) is 61.6 Å². The van der Waals surface area contributed by atoms with Crippen LogP contribution in [0.4, 0.5) is 0 Å². The zero-order valence-corrected chi connectivity index (χ0v) is 13.1. The Hall–Kier alpha value is -1.02. The van der Waals surface area contributed by atoms with Crippen molar-refractivity contribution in [3.05, 3.63) is 28.8 Å². The maximum absolute atomic E-state index is 10.4. The number of fused-ring (bicyclic) bond motifs is 5. The van der Waals surface area contributed by atoms with E-state index in [1.807, 2.05) is 13.0 Å². The number of hydrogen-bond acceptors (Lipinski definition) is 2. The number of phenols is 1. The highest BCUT2D eigenvalue weighted by Crippen LogP contribution is 2.61. The van der Waals surface area contributed by atoms with E-state index in [4.69, 9.17) is 0 Å². The van der Waals surface area contributed by atoms with Gasteiger partial charge in [0.05, 0.1) is 6.10 Å². The molecule has 2 heteroatoms. The predicted molar refractivity (Wildman–Crippen MR) is 83.5 cm³/mol. The van der Waals surface area contributed by atoms with Crippen molar-refractivity contribution in [2.75, 3.05) is 0 Å². The first-order valence-corrected chi connectivity index (χ1v) is 8.51. The summed E-state index contributed by atoms with van der Waals surface area (Å²) in [5.41, 5.74) is 4.02. The quantitative estimate of drug-likeness (QED) is 0.759. The van der Waals surface area contributed by atoms with Gasteiger partial charge in [0.2, 0.25) is 0 Å². The highest BCUT2D eigenvalue weighted by Gasteiger charge is 2.54. The van der Waals surface area contributed by atoms with Crippen LogP contribution in [0.25, 0.3) is 0 Å². The molecule has 2 saturated carbocycles. The van der Waals surface area contributed by atoms with Crippen LogP contribution < -0.4 is 0 Å². The molecule has 0 bridgehead atoms. The molecule has 0 amide bonds. The van der Waals surface area contributed by atoms with Gasteiger partial charge in [-0.1, -0.05) is 13.0 Å². The molecular formula is C19H26O2. The van der Waals surface area contributed by atoms with E-state index in [1.165, 1.54) is 30.4 Å². The van der Waals surface area contributed by atoms with Crippen molar-refractivity contribution in [1.82, 2.24) is 0 Å². The average Bonchev–Trinajstić information content (AvgIpc) is 2.76. The normalized spacial score (nSPS) is 41.3. The third-order valence-corrected chi connectivity index (χ3v) is 6.99. The van der Waals surface area contributed by atoms with Crippen LogP contribution >= 0.6 is 0 Å². The number of aromatic hydroxyl groups is 1. The lowest BCUT2D eigenvalue weighted by atomic mass is 9.55. The first-order valence-electron chi connectivity index (χ1n) is 8.51. The first-order chi connectivity index (χ1) is 10.0. The zero-order chi connectivity index (χ0) is 14.8. The van der Waals surface area contributed by atoms with E-state index in [-0.39, 0.29) is 11.5 Å². The van der Waals surface area contributed by atoms with Crippen molar-refractivity contribution >= 4 is 0 Å². The van der Waals surface area contributed by atoms with E-state index in [0.717, 1.165) is 30.7 Å². The molecule has 2 fully saturated rings. The third-order valence-electron chi connectivity index (χ3n) is 6.99. The van der Waals surface area contributed by atoms with Gasteiger partial charge >= 0.3 is 0 Å². The van der Waals surface area contributed by atoms with Crippen molar-refractivity contribution in [3.63, 3.8) is 0 Å². The molecule has 0 aromatic heterocycles. The molecule has 114 valence electrons. The van der Waals surface area contributed by atoms with E-state index >= 15 is 0 Å². The lowest BCUT2D eigenvalue weighted by molar-refractivity contribution is -0.0226. The van der Waals surface area contributed by atoms with E-state index < -0.39 is 0 Å². The summed E-state index contributed by atoms with van der Waals surface area (Å²) in [7, 11) is 0. The summed E-state index contributed by atoms with van der Waals surface area (Å²) in [5.74, 6) is 2.52. The number of aliphatic hydroxyl groups is 1. The Morgan fingerprint density at radius 2 is 1.95 bits per heavy atom. The van der Waals surface area contributed by atoms with E-state index in [9.17, 15) is 10.2 Å². The van der Waals surface area contributed by atoms with Crippen LogP contribution in [-0.4, -0.2) is 16.3 Å². The number of benzene rings is 1. The predicted octanol–water partition coefficient (Wildman–Crippen LogP) is 3.92. The molecule has 0 saturated heterocycles. The summed E-state index contributed by atoms with van der Waals surface area (Å²) in [5, 5.41) is 20.4. The SMILES string of the molecule is Cc1cc2c(cc1O)CCC1C2CCC2(C)C(O)CCC12. The standard InChI is InChI=1S/C19H26O2/c1-11-9-15-12(10-17(11)20)3-4-14-13(15)7-8-19(2)16(14)5-6-18(19)21/h9-10,13-14,16,18,20-21H,3-8H2,1-2H3. The first kappa shape index (κ1) is 13.6. The van der Waals surface area contributed by atoms with Gasteiger partial charge in [-0.25, -0.2) is 0 Å². The van der Waals surface area contributed by atoms with Crippen LogP contribution in [0.3, 0.4) is 0 Å². The van der Waals surface area contributed by atoms with Crippen LogP contribution in [-0.2, 0) is 6.42 Å². The Morgan fingerprint density at radius 1 is 1.14 bits per heavy atom. The summed E-state index contributed by atoms with van der Waals surface area (Å²) >= 11 is 0. The molecule has 0 heterocycles. The molecule has 21 heavy (non-hydrogen) atoms. The summed E-state index contributed by atoms with van der Waals surface area (Å²) in [6.07, 6.45) is 6.77. The molecule has 4 rings (SSSR count). The summed E-state index contributed by atoms with van der Waals surface area (Å²) in [6.45, 7) is 4.33. The highest BCUT2D eigenvalue weighted by atomic mass is 16.3. The Kier molecular flexibility index (Phi) is 2.91. The van der Waals surface area contributed by atoms with Gasteiger partial charge < -0.3 is 10.2 Å². The Morgan fingerprint density at radius 3 is 2.76 bits per heavy atom. The highest BCUT2D eigenvalue weighted by molar-refractivity contribution is 5.45. The molecule has 0 radical (unpaired) electrons. The van der Waals surface area contributed by atoms with Crippen LogP contribution in [0.2, 0.25) is 0 Å². The van der Waals surface area contributed by atoms with Crippen molar-refractivity contribution < 1.29 is 10.2 Å². The molecule has 2 N–H and O–H groups in total. The number of rotatable bonds is 0. The fourth-order valence-electron chi connectivity index (χ4n) is 5.69. The van der Waals surface area contributed by atoms with Gasteiger partial charge in [-0.2, -0.15) is 0 Å². The fraction of sp³-hybridized carbons (Fsp3) is 0.684. The fourth-order valence-corrected chi connectivity index (χ4v) is 5.69. The number of phenolic OH excluding ortho intramolecular Hbond substituents is 1. The molecule has 5 atom stereocenters. The van der Waals surface area contributed by atoms with Crippen molar-refractivity contribution in [1.29, 1.82) is 0 Å². The van der Waals surface area contributed by atoms with E-state index in [0.29, 0.717) is 17.6 Å². The van der Waals surface area contributed by atoms with Crippen LogP contribution in [0, 0.1) is 24.2 Å². The molecule has 0 aliphatic heterocycles. The monoisotopic (exact) mass is 286 g/mol. The van der Waals surface area contributed by atoms with Gasteiger partial charge in [-0.3, -0.25) is 0 Å². The second-order valence-corrected chi connectivity index (χ2v) is 7.89. The van der Waals surface area contributed by atoms with Crippen molar-refractivity contribution in [3.8, 4) is 5.75 Å². The lowest BCUT2D eigenvalue weighted by Crippen LogP contribution is -2.43. The van der Waals surface area contributed by atoms with Gasteiger partial charge in [0.15, 0.2) is 0 Å².